The fraction of sp³-hybridized carbons (Fsp3) is 0.136. The molecule has 3 heterocycles. The standard InChI is InChI=1S/C22H20N6O/c1-13-4-5-18(27-21(29)15-6-7-24-14(2)8-15)10-19(13)16-9-17-12-26-22(23-3)28-20(17)25-11-16/h4-12H,1-3H3,(H,27,29)(H,23,25,26,28). The monoisotopic (exact) mass is 384 g/mol. The van der Waals surface area contributed by atoms with E-state index in [1.54, 1.807) is 37.8 Å². The minimum absolute atomic E-state index is 0.171. The van der Waals surface area contributed by atoms with Gasteiger partial charge in [0, 0.05) is 53.5 Å². The summed E-state index contributed by atoms with van der Waals surface area (Å²) in [6.45, 7) is 3.88. The summed E-state index contributed by atoms with van der Waals surface area (Å²) in [6.07, 6.45) is 5.17. The van der Waals surface area contributed by atoms with Crippen LogP contribution >= 0.6 is 0 Å². The number of hydrogen-bond acceptors (Lipinski definition) is 6. The Balaban J connectivity index is 1.66. The van der Waals surface area contributed by atoms with Crippen molar-refractivity contribution in [2.75, 3.05) is 17.7 Å². The van der Waals surface area contributed by atoms with E-state index in [0.717, 1.165) is 27.8 Å². The van der Waals surface area contributed by atoms with E-state index >= 15 is 0 Å². The van der Waals surface area contributed by atoms with Crippen molar-refractivity contribution in [3.63, 3.8) is 0 Å². The van der Waals surface area contributed by atoms with Gasteiger partial charge in [-0.1, -0.05) is 6.07 Å². The molecule has 7 nitrogen and oxygen atoms in total. The average Bonchev–Trinajstić information content (AvgIpc) is 2.74. The van der Waals surface area contributed by atoms with Gasteiger partial charge in [-0.2, -0.15) is 4.98 Å². The number of fused-ring (bicyclic) bond motifs is 1. The Labute approximate surface area is 168 Å². The van der Waals surface area contributed by atoms with E-state index in [4.69, 9.17) is 0 Å². The van der Waals surface area contributed by atoms with Crippen LogP contribution in [0, 0.1) is 13.8 Å². The Hall–Kier alpha value is -3.87. The Morgan fingerprint density at radius 1 is 0.966 bits per heavy atom. The van der Waals surface area contributed by atoms with Gasteiger partial charge < -0.3 is 10.6 Å². The van der Waals surface area contributed by atoms with Gasteiger partial charge in [-0.25, -0.2) is 9.97 Å². The molecule has 0 aliphatic heterocycles. The highest BCUT2D eigenvalue weighted by atomic mass is 16.1. The first-order valence-electron chi connectivity index (χ1n) is 9.19. The second-order valence-electron chi connectivity index (χ2n) is 6.75. The van der Waals surface area contributed by atoms with E-state index in [1.807, 2.05) is 38.1 Å². The van der Waals surface area contributed by atoms with Crippen molar-refractivity contribution < 1.29 is 4.79 Å². The van der Waals surface area contributed by atoms with Crippen molar-refractivity contribution >= 4 is 28.6 Å². The van der Waals surface area contributed by atoms with Crippen molar-refractivity contribution in [2.24, 2.45) is 0 Å². The summed E-state index contributed by atoms with van der Waals surface area (Å²) < 4.78 is 0. The van der Waals surface area contributed by atoms with E-state index < -0.39 is 0 Å². The highest BCUT2D eigenvalue weighted by molar-refractivity contribution is 6.04. The van der Waals surface area contributed by atoms with Gasteiger partial charge >= 0.3 is 0 Å². The summed E-state index contributed by atoms with van der Waals surface area (Å²) in [7, 11) is 1.77. The molecule has 0 saturated heterocycles. The molecule has 1 amide bonds. The van der Waals surface area contributed by atoms with Crippen molar-refractivity contribution in [3.05, 3.63) is 71.8 Å². The lowest BCUT2D eigenvalue weighted by Gasteiger charge is -2.11. The third kappa shape index (κ3) is 3.89. The number of nitrogens with zero attached hydrogens (tertiary/aromatic N) is 4. The zero-order valence-corrected chi connectivity index (χ0v) is 16.4. The lowest BCUT2D eigenvalue weighted by atomic mass is 10.0. The van der Waals surface area contributed by atoms with Crippen LogP contribution in [0.3, 0.4) is 0 Å². The molecule has 0 aliphatic rings. The van der Waals surface area contributed by atoms with Gasteiger partial charge in [0.05, 0.1) is 0 Å². The Bertz CT molecular complexity index is 1220. The first-order chi connectivity index (χ1) is 14.0. The van der Waals surface area contributed by atoms with Crippen LogP contribution in [0.15, 0.2) is 55.0 Å². The average molecular weight is 384 g/mol. The summed E-state index contributed by atoms with van der Waals surface area (Å²) in [5, 5.41) is 6.72. The smallest absolute Gasteiger partial charge is 0.255 e. The molecule has 0 saturated carbocycles. The van der Waals surface area contributed by atoms with Gasteiger partial charge in [0.1, 0.15) is 0 Å². The zero-order chi connectivity index (χ0) is 20.4. The second kappa shape index (κ2) is 7.63. The van der Waals surface area contributed by atoms with Crippen LogP contribution in [-0.4, -0.2) is 32.9 Å². The molecule has 0 spiro atoms. The molecule has 0 bridgehead atoms. The maximum Gasteiger partial charge on any atom is 0.255 e. The molecule has 4 aromatic rings. The van der Waals surface area contributed by atoms with Crippen LogP contribution in [0.1, 0.15) is 21.6 Å². The third-order valence-electron chi connectivity index (χ3n) is 4.62. The van der Waals surface area contributed by atoms with Gasteiger partial charge in [0.25, 0.3) is 5.91 Å². The maximum absolute atomic E-state index is 12.6. The summed E-state index contributed by atoms with van der Waals surface area (Å²) in [6, 6.07) is 11.3. The van der Waals surface area contributed by atoms with Crippen LogP contribution in [0.25, 0.3) is 22.2 Å². The van der Waals surface area contributed by atoms with Crippen LogP contribution in [0.5, 0.6) is 0 Å². The van der Waals surface area contributed by atoms with Gasteiger partial charge in [0.15, 0.2) is 5.65 Å². The number of rotatable bonds is 4. The number of aryl methyl sites for hydroxylation is 2. The van der Waals surface area contributed by atoms with Crippen molar-refractivity contribution in [2.45, 2.75) is 13.8 Å². The number of carbonyl (C=O) groups excluding carboxylic acids is 1. The fourth-order valence-electron chi connectivity index (χ4n) is 3.09. The topological polar surface area (TPSA) is 92.7 Å². The SMILES string of the molecule is CNc1ncc2cc(-c3cc(NC(=O)c4ccnc(C)c4)ccc3C)cnc2n1. The van der Waals surface area contributed by atoms with Gasteiger partial charge in [-0.15, -0.1) is 0 Å². The first kappa shape index (κ1) is 18.5. The normalized spacial score (nSPS) is 10.7. The number of aromatic nitrogens is 4. The van der Waals surface area contributed by atoms with Crippen LogP contribution in [0.2, 0.25) is 0 Å². The van der Waals surface area contributed by atoms with E-state index in [-0.39, 0.29) is 5.91 Å². The van der Waals surface area contributed by atoms with E-state index in [2.05, 4.69) is 30.6 Å². The first-order valence-corrected chi connectivity index (χ1v) is 9.19. The van der Waals surface area contributed by atoms with E-state index in [0.29, 0.717) is 22.8 Å². The molecular weight excluding hydrogens is 364 g/mol. The molecule has 4 rings (SSSR count). The highest BCUT2D eigenvalue weighted by Crippen LogP contribution is 2.28. The number of amides is 1. The predicted octanol–water partition coefficient (Wildman–Crippen LogP) is 4.00. The second-order valence-corrected chi connectivity index (χ2v) is 6.75. The molecule has 0 aliphatic carbocycles. The van der Waals surface area contributed by atoms with Crippen LogP contribution in [-0.2, 0) is 0 Å². The Kier molecular flexibility index (Phi) is 4.87. The number of hydrogen-bond donors (Lipinski definition) is 2. The highest BCUT2D eigenvalue weighted by Gasteiger charge is 2.10. The number of carbonyl (C=O) groups is 1. The summed E-state index contributed by atoms with van der Waals surface area (Å²) in [5.74, 6) is 0.361. The zero-order valence-electron chi connectivity index (χ0n) is 16.4. The molecule has 0 radical (unpaired) electrons. The van der Waals surface area contributed by atoms with Crippen molar-refractivity contribution in [1.82, 2.24) is 19.9 Å². The van der Waals surface area contributed by atoms with Crippen molar-refractivity contribution in [3.8, 4) is 11.1 Å². The molecule has 2 N–H and O–H groups in total. The molecule has 0 fully saturated rings. The minimum atomic E-state index is -0.171. The molecule has 1 aromatic carbocycles. The third-order valence-corrected chi connectivity index (χ3v) is 4.62. The molecule has 29 heavy (non-hydrogen) atoms. The van der Waals surface area contributed by atoms with E-state index in [1.165, 1.54) is 0 Å². The lowest BCUT2D eigenvalue weighted by molar-refractivity contribution is 0.102. The van der Waals surface area contributed by atoms with Gasteiger partial charge in [-0.3, -0.25) is 9.78 Å². The summed E-state index contributed by atoms with van der Waals surface area (Å²) >= 11 is 0. The number of nitrogens with one attached hydrogen (secondary N) is 2. The van der Waals surface area contributed by atoms with Crippen molar-refractivity contribution in [1.29, 1.82) is 0 Å². The maximum atomic E-state index is 12.6. The molecule has 0 atom stereocenters. The Morgan fingerprint density at radius 2 is 1.83 bits per heavy atom. The number of anilines is 2. The quantitative estimate of drug-likeness (QED) is 0.552. The largest absolute Gasteiger partial charge is 0.357 e. The minimum Gasteiger partial charge on any atom is -0.357 e. The molecule has 0 unspecified atom stereocenters. The van der Waals surface area contributed by atoms with Crippen LogP contribution < -0.4 is 10.6 Å². The lowest BCUT2D eigenvalue weighted by Crippen LogP contribution is -2.12. The Morgan fingerprint density at radius 3 is 2.62 bits per heavy atom. The predicted molar refractivity (Wildman–Crippen MR) is 114 cm³/mol. The van der Waals surface area contributed by atoms with Gasteiger partial charge in [0.2, 0.25) is 5.95 Å². The molecule has 7 heteroatoms. The van der Waals surface area contributed by atoms with E-state index in [9.17, 15) is 4.79 Å². The fourth-order valence-corrected chi connectivity index (χ4v) is 3.09. The molecular formula is C22H20N6O. The van der Waals surface area contributed by atoms with Gasteiger partial charge in [-0.05, 0) is 55.3 Å². The van der Waals surface area contributed by atoms with Crippen LogP contribution in [0.4, 0.5) is 11.6 Å². The molecule has 3 aromatic heterocycles. The summed E-state index contributed by atoms with van der Waals surface area (Å²) in [5.41, 5.74) is 5.72. The number of pyridine rings is 2. The summed E-state index contributed by atoms with van der Waals surface area (Å²) in [4.78, 5) is 29.8. The number of benzene rings is 1. The molecule has 144 valence electrons.